The standard InChI is InChI=1S/C29H27NO3/c1-15-13-16(2)26(17(3)14-15)30-27(32)24-23-19-9-5-7-11-21(19)29(18(4)31,25(24)28(30)33)22-12-8-6-10-20(22)23/h5-14,18,23-25,31H,1-4H3. The van der Waals surface area contributed by atoms with Crippen molar-refractivity contribution in [2.75, 3.05) is 4.90 Å². The number of hydrogen-bond acceptors (Lipinski definition) is 3. The van der Waals surface area contributed by atoms with Gasteiger partial charge in [0.15, 0.2) is 0 Å². The minimum Gasteiger partial charge on any atom is -0.392 e. The van der Waals surface area contributed by atoms with E-state index >= 15 is 0 Å². The zero-order valence-corrected chi connectivity index (χ0v) is 19.3. The summed E-state index contributed by atoms with van der Waals surface area (Å²) in [7, 11) is 0. The second-order valence-electron chi connectivity index (χ2n) is 9.96. The van der Waals surface area contributed by atoms with Crippen LogP contribution in [-0.2, 0) is 15.0 Å². The van der Waals surface area contributed by atoms with E-state index in [0.29, 0.717) is 5.69 Å². The number of nitrogens with zero attached hydrogens (tertiary/aromatic N) is 1. The zero-order chi connectivity index (χ0) is 23.2. The maximum absolute atomic E-state index is 14.3. The largest absolute Gasteiger partial charge is 0.392 e. The molecule has 0 spiro atoms. The Hall–Kier alpha value is -3.24. The summed E-state index contributed by atoms with van der Waals surface area (Å²) in [5, 5.41) is 11.4. The number of imide groups is 1. The highest BCUT2D eigenvalue weighted by atomic mass is 16.3. The van der Waals surface area contributed by atoms with Gasteiger partial charge in [-0.2, -0.15) is 0 Å². The number of aliphatic hydroxyl groups is 1. The van der Waals surface area contributed by atoms with Crippen molar-refractivity contribution in [3.05, 3.63) is 99.6 Å². The first kappa shape index (κ1) is 20.4. The van der Waals surface area contributed by atoms with Crippen molar-refractivity contribution in [3.8, 4) is 0 Å². The summed E-state index contributed by atoms with van der Waals surface area (Å²) in [5.41, 5.74) is 6.74. The molecule has 33 heavy (non-hydrogen) atoms. The average Bonchev–Trinajstić information content (AvgIpc) is 3.04. The fourth-order valence-electron chi connectivity index (χ4n) is 7.29. The van der Waals surface area contributed by atoms with Gasteiger partial charge in [-0.25, -0.2) is 4.90 Å². The van der Waals surface area contributed by atoms with Gasteiger partial charge in [0, 0.05) is 5.92 Å². The maximum Gasteiger partial charge on any atom is 0.239 e. The van der Waals surface area contributed by atoms with Crippen molar-refractivity contribution in [2.24, 2.45) is 11.8 Å². The fourth-order valence-corrected chi connectivity index (χ4v) is 7.29. The minimum absolute atomic E-state index is 0.154. The number of carbonyl (C=O) groups excluding carboxylic acids is 2. The second kappa shape index (κ2) is 6.64. The molecule has 3 aliphatic carbocycles. The van der Waals surface area contributed by atoms with Crippen LogP contribution in [0.3, 0.4) is 0 Å². The molecule has 1 fully saturated rings. The molecule has 4 nitrogen and oxygen atoms in total. The molecule has 1 saturated heterocycles. The van der Waals surface area contributed by atoms with E-state index < -0.39 is 23.4 Å². The van der Waals surface area contributed by atoms with Crippen molar-refractivity contribution in [2.45, 2.75) is 45.1 Å². The van der Waals surface area contributed by atoms with Gasteiger partial charge >= 0.3 is 0 Å². The number of aryl methyl sites for hydroxylation is 3. The van der Waals surface area contributed by atoms with Crippen molar-refractivity contribution in [1.29, 1.82) is 0 Å². The molecule has 4 heteroatoms. The molecule has 0 aromatic heterocycles. The Balaban J connectivity index is 1.67. The summed E-state index contributed by atoms with van der Waals surface area (Å²) >= 11 is 0. The number of hydrogen-bond donors (Lipinski definition) is 1. The monoisotopic (exact) mass is 437 g/mol. The maximum atomic E-state index is 14.3. The van der Waals surface area contributed by atoms with Crippen LogP contribution in [0.25, 0.3) is 0 Å². The molecule has 7 rings (SSSR count). The lowest BCUT2D eigenvalue weighted by Crippen LogP contribution is -2.58. The molecule has 3 aromatic rings. The Morgan fingerprint density at radius 1 is 0.848 bits per heavy atom. The van der Waals surface area contributed by atoms with E-state index in [9.17, 15) is 14.7 Å². The summed E-state index contributed by atoms with van der Waals surface area (Å²) in [4.78, 5) is 29.8. The Labute approximate surface area is 193 Å². The predicted molar refractivity (Wildman–Crippen MR) is 127 cm³/mol. The lowest BCUT2D eigenvalue weighted by Gasteiger charge is -2.55. The van der Waals surface area contributed by atoms with Crippen molar-refractivity contribution in [3.63, 3.8) is 0 Å². The summed E-state index contributed by atoms with van der Waals surface area (Å²) < 4.78 is 0. The number of aliphatic hydroxyl groups excluding tert-OH is 1. The zero-order valence-electron chi connectivity index (χ0n) is 19.3. The first-order valence-electron chi connectivity index (χ1n) is 11.6. The SMILES string of the molecule is Cc1cc(C)c(N2C(=O)C3C4c5ccccc5C(C(C)O)(c5ccccc54)C3C2=O)c(C)c1. The number of rotatable bonds is 2. The Morgan fingerprint density at radius 3 is 1.88 bits per heavy atom. The molecule has 1 aliphatic heterocycles. The lowest BCUT2D eigenvalue weighted by molar-refractivity contribution is -0.126. The fraction of sp³-hybridized carbons (Fsp3) is 0.310. The highest BCUT2D eigenvalue weighted by molar-refractivity contribution is 6.24. The van der Waals surface area contributed by atoms with E-state index in [1.807, 2.05) is 69.3 Å². The molecule has 1 N–H and O–H groups in total. The Kier molecular flexibility index (Phi) is 4.10. The molecule has 3 aromatic carbocycles. The van der Waals surface area contributed by atoms with Gasteiger partial charge in [-0.3, -0.25) is 9.59 Å². The van der Waals surface area contributed by atoms with Crippen molar-refractivity contribution in [1.82, 2.24) is 0 Å². The van der Waals surface area contributed by atoms with Crippen molar-refractivity contribution >= 4 is 17.5 Å². The molecule has 4 aliphatic rings. The van der Waals surface area contributed by atoms with Crippen LogP contribution in [-0.4, -0.2) is 23.0 Å². The van der Waals surface area contributed by atoms with Crippen LogP contribution in [0, 0.1) is 32.6 Å². The van der Waals surface area contributed by atoms with Gasteiger partial charge in [0.2, 0.25) is 11.8 Å². The van der Waals surface area contributed by atoms with E-state index in [2.05, 4.69) is 12.1 Å². The van der Waals surface area contributed by atoms with E-state index in [4.69, 9.17) is 0 Å². The molecule has 0 radical (unpaired) electrons. The topological polar surface area (TPSA) is 57.6 Å². The molecule has 3 unspecified atom stereocenters. The smallest absolute Gasteiger partial charge is 0.239 e. The van der Waals surface area contributed by atoms with Gasteiger partial charge in [0.1, 0.15) is 0 Å². The van der Waals surface area contributed by atoms with Gasteiger partial charge in [0.25, 0.3) is 0 Å². The molecule has 2 bridgehead atoms. The first-order chi connectivity index (χ1) is 15.8. The van der Waals surface area contributed by atoms with Crippen LogP contribution in [0.5, 0.6) is 0 Å². The van der Waals surface area contributed by atoms with Crippen LogP contribution in [0.15, 0.2) is 60.7 Å². The summed E-state index contributed by atoms with van der Waals surface area (Å²) in [6.45, 7) is 7.70. The van der Waals surface area contributed by atoms with Crippen molar-refractivity contribution < 1.29 is 14.7 Å². The summed E-state index contributed by atoms with van der Waals surface area (Å²) in [6, 6.07) is 20.1. The van der Waals surface area contributed by atoms with Gasteiger partial charge < -0.3 is 5.11 Å². The highest BCUT2D eigenvalue weighted by Gasteiger charge is 2.69. The third-order valence-corrected chi connectivity index (χ3v) is 8.20. The number of carbonyl (C=O) groups is 2. The van der Waals surface area contributed by atoms with Crippen LogP contribution >= 0.6 is 0 Å². The molecular weight excluding hydrogens is 410 g/mol. The first-order valence-corrected chi connectivity index (χ1v) is 11.6. The Bertz CT molecular complexity index is 1280. The van der Waals surface area contributed by atoms with Gasteiger partial charge in [0.05, 0.1) is 29.0 Å². The summed E-state index contributed by atoms with van der Waals surface area (Å²) in [6.07, 6.45) is -0.842. The number of benzene rings is 3. The normalized spacial score (nSPS) is 27.9. The molecule has 0 saturated carbocycles. The number of amides is 2. The van der Waals surface area contributed by atoms with Gasteiger partial charge in [-0.1, -0.05) is 66.2 Å². The van der Waals surface area contributed by atoms with Gasteiger partial charge in [-0.05, 0) is 61.1 Å². The second-order valence-corrected chi connectivity index (χ2v) is 9.96. The predicted octanol–water partition coefficient (Wildman–Crippen LogP) is 4.54. The van der Waals surface area contributed by atoms with E-state index in [1.165, 1.54) is 4.90 Å². The van der Waals surface area contributed by atoms with E-state index in [0.717, 1.165) is 38.9 Å². The number of anilines is 1. The quantitative estimate of drug-likeness (QED) is 0.599. The van der Waals surface area contributed by atoms with E-state index in [1.54, 1.807) is 6.92 Å². The van der Waals surface area contributed by atoms with Crippen LogP contribution in [0.4, 0.5) is 5.69 Å². The third-order valence-electron chi connectivity index (χ3n) is 8.20. The molecular formula is C29H27NO3. The minimum atomic E-state index is -0.958. The molecule has 166 valence electrons. The van der Waals surface area contributed by atoms with E-state index in [-0.39, 0.29) is 17.7 Å². The van der Waals surface area contributed by atoms with Crippen LogP contribution < -0.4 is 4.90 Å². The van der Waals surface area contributed by atoms with Gasteiger partial charge in [-0.15, -0.1) is 0 Å². The molecule has 3 atom stereocenters. The molecule has 2 amide bonds. The molecule has 1 heterocycles. The third kappa shape index (κ3) is 2.29. The lowest BCUT2D eigenvalue weighted by atomic mass is 9.46. The Morgan fingerprint density at radius 2 is 1.36 bits per heavy atom. The van der Waals surface area contributed by atoms with Crippen LogP contribution in [0.1, 0.15) is 51.8 Å². The van der Waals surface area contributed by atoms with Crippen LogP contribution in [0.2, 0.25) is 0 Å². The highest BCUT2D eigenvalue weighted by Crippen LogP contribution is 2.65. The summed E-state index contributed by atoms with van der Waals surface area (Å²) in [5.74, 6) is -1.72. The average molecular weight is 438 g/mol.